The fourth-order valence-electron chi connectivity index (χ4n) is 4.93. The van der Waals surface area contributed by atoms with Crippen LogP contribution in [0.1, 0.15) is 38.5 Å². The number of rotatable bonds is 5. The van der Waals surface area contributed by atoms with Crippen molar-refractivity contribution < 1.29 is 24.2 Å². The zero-order valence-electron chi connectivity index (χ0n) is 18.5. The van der Waals surface area contributed by atoms with E-state index in [1.165, 1.54) is 0 Å². The minimum absolute atomic E-state index is 0.0455. The number of carboxylic acids is 1. The number of hydrogen-bond acceptors (Lipinski definition) is 4. The van der Waals surface area contributed by atoms with Crippen molar-refractivity contribution in [3.63, 3.8) is 0 Å². The number of carboxylic acid groups (broad SMARTS) is 1. The quantitative estimate of drug-likeness (QED) is 0.609. The highest BCUT2D eigenvalue weighted by Gasteiger charge is 2.29. The van der Waals surface area contributed by atoms with Gasteiger partial charge in [-0.15, -0.1) is 0 Å². The van der Waals surface area contributed by atoms with Gasteiger partial charge in [-0.1, -0.05) is 60.7 Å². The number of amides is 2. The lowest BCUT2D eigenvalue weighted by atomic mass is 9.94. The van der Waals surface area contributed by atoms with Gasteiger partial charge in [0.1, 0.15) is 13.2 Å². The molecule has 0 atom stereocenters. The van der Waals surface area contributed by atoms with Gasteiger partial charge in [0, 0.05) is 19.0 Å². The molecule has 2 amide bonds. The number of carbonyl (C=O) groups excluding carboxylic acids is 2. The highest BCUT2D eigenvalue weighted by Crippen LogP contribution is 2.44. The molecule has 0 aromatic heterocycles. The number of benzene rings is 3. The van der Waals surface area contributed by atoms with Crippen molar-refractivity contribution in [2.75, 3.05) is 19.7 Å². The average Bonchev–Trinajstić information content (AvgIpc) is 3.19. The number of alkyl carbamates (subject to hydrolysis) is 1. The molecule has 3 aromatic carbocycles. The van der Waals surface area contributed by atoms with E-state index in [4.69, 9.17) is 4.74 Å². The number of ether oxygens (including phenoxy) is 1. The van der Waals surface area contributed by atoms with E-state index in [9.17, 15) is 19.5 Å². The van der Waals surface area contributed by atoms with Crippen molar-refractivity contribution in [2.45, 2.75) is 18.9 Å². The van der Waals surface area contributed by atoms with Gasteiger partial charge in [-0.25, -0.2) is 9.59 Å². The van der Waals surface area contributed by atoms with Crippen LogP contribution in [-0.2, 0) is 22.5 Å². The Hall–Kier alpha value is -4.13. The zero-order chi connectivity index (χ0) is 23.7. The SMILES string of the molecule is O=C(NCC(=O)N1CCc2c(cccc2C(=O)O)C1)OCC1c2ccccc2-c2ccccc21. The van der Waals surface area contributed by atoms with E-state index in [2.05, 4.69) is 29.6 Å². The van der Waals surface area contributed by atoms with Gasteiger partial charge in [0.15, 0.2) is 0 Å². The third-order valence-corrected chi connectivity index (χ3v) is 6.58. The second-order valence-corrected chi connectivity index (χ2v) is 8.49. The van der Waals surface area contributed by atoms with E-state index < -0.39 is 12.1 Å². The molecule has 3 aromatic rings. The van der Waals surface area contributed by atoms with Gasteiger partial charge in [0.05, 0.1) is 5.56 Å². The molecule has 7 heteroatoms. The Morgan fingerprint density at radius 2 is 1.62 bits per heavy atom. The van der Waals surface area contributed by atoms with Crippen LogP contribution >= 0.6 is 0 Å². The molecule has 172 valence electrons. The second-order valence-electron chi connectivity index (χ2n) is 8.49. The molecule has 2 aliphatic rings. The van der Waals surface area contributed by atoms with Gasteiger partial charge >= 0.3 is 12.1 Å². The zero-order valence-corrected chi connectivity index (χ0v) is 18.5. The maximum Gasteiger partial charge on any atom is 0.407 e. The molecule has 2 N–H and O–H groups in total. The minimum atomic E-state index is -0.964. The predicted molar refractivity (Wildman–Crippen MR) is 126 cm³/mol. The van der Waals surface area contributed by atoms with E-state index in [-0.39, 0.29) is 30.5 Å². The third-order valence-electron chi connectivity index (χ3n) is 6.58. The molecule has 1 aliphatic carbocycles. The van der Waals surface area contributed by atoms with Crippen molar-refractivity contribution >= 4 is 18.0 Å². The second kappa shape index (κ2) is 9.02. The first-order chi connectivity index (χ1) is 16.5. The Morgan fingerprint density at radius 1 is 0.941 bits per heavy atom. The Morgan fingerprint density at radius 3 is 2.29 bits per heavy atom. The third kappa shape index (κ3) is 4.01. The van der Waals surface area contributed by atoms with Crippen LogP contribution in [0.25, 0.3) is 11.1 Å². The van der Waals surface area contributed by atoms with Gasteiger partial charge in [-0.05, 0) is 45.9 Å². The maximum atomic E-state index is 12.7. The molecule has 7 nitrogen and oxygen atoms in total. The lowest BCUT2D eigenvalue weighted by Gasteiger charge is -2.29. The molecule has 1 aliphatic heterocycles. The summed E-state index contributed by atoms with van der Waals surface area (Å²) in [5.74, 6) is -1.25. The lowest BCUT2D eigenvalue weighted by Crippen LogP contribution is -2.43. The molecule has 5 rings (SSSR count). The van der Waals surface area contributed by atoms with Crippen LogP contribution in [0.3, 0.4) is 0 Å². The summed E-state index contributed by atoms with van der Waals surface area (Å²) in [6.07, 6.45) is -0.171. The van der Waals surface area contributed by atoms with Crippen LogP contribution in [0.5, 0.6) is 0 Å². The number of carbonyl (C=O) groups is 3. The van der Waals surface area contributed by atoms with Gasteiger partial charge in [-0.3, -0.25) is 4.79 Å². The summed E-state index contributed by atoms with van der Waals surface area (Å²) in [5.41, 5.74) is 6.42. The number of aromatic carboxylic acids is 1. The summed E-state index contributed by atoms with van der Waals surface area (Å²) < 4.78 is 5.49. The summed E-state index contributed by atoms with van der Waals surface area (Å²) >= 11 is 0. The first-order valence-corrected chi connectivity index (χ1v) is 11.2. The molecule has 0 fully saturated rings. The van der Waals surface area contributed by atoms with E-state index >= 15 is 0 Å². The molecule has 34 heavy (non-hydrogen) atoms. The Bertz CT molecular complexity index is 1240. The molecular formula is C27H24N2O5. The van der Waals surface area contributed by atoms with Crippen LogP contribution in [0.15, 0.2) is 66.7 Å². The standard InChI is InChI=1S/C27H24N2O5/c30-25(29-13-12-18-17(15-29)6-5-11-23(18)26(31)32)14-28-27(33)34-16-24-21-9-3-1-7-19(21)20-8-2-4-10-22(20)24/h1-11,24H,12-16H2,(H,28,33)(H,31,32). The minimum Gasteiger partial charge on any atom is -0.478 e. The van der Waals surface area contributed by atoms with Crippen LogP contribution < -0.4 is 5.32 Å². The first-order valence-electron chi connectivity index (χ1n) is 11.2. The van der Waals surface area contributed by atoms with E-state index in [1.54, 1.807) is 17.0 Å². The fraction of sp³-hybridized carbons (Fsp3) is 0.222. The number of nitrogens with zero attached hydrogens (tertiary/aromatic N) is 1. The molecule has 1 heterocycles. The number of fused-ring (bicyclic) bond motifs is 4. The maximum absolute atomic E-state index is 12.7. The van der Waals surface area contributed by atoms with Crippen LogP contribution in [-0.4, -0.2) is 47.7 Å². The predicted octanol–water partition coefficient (Wildman–Crippen LogP) is 3.81. The number of hydrogen-bond donors (Lipinski definition) is 2. The van der Waals surface area contributed by atoms with Gasteiger partial charge in [-0.2, -0.15) is 0 Å². The lowest BCUT2D eigenvalue weighted by molar-refractivity contribution is -0.131. The van der Waals surface area contributed by atoms with Crippen molar-refractivity contribution in [1.82, 2.24) is 10.2 Å². The Kier molecular flexibility index (Phi) is 5.76. The molecule has 0 saturated heterocycles. The van der Waals surface area contributed by atoms with Crippen LogP contribution in [0.2, 0.25) is 0 Å². The van der Waals surface area contributed by atoms with Crippen molar-refractivity contribution in [3.05, 3.63) is 94.5 Å². The van der Waals surface area contributed by atoms with Gasteiger partial charge in [0.2, 0.25) is 5.91 Å². The first kappa shape index (κ1) is 21.7. The van der Waals surface area contributed by atoms with Crippen molar-refractivity contribution in [2.24, 2.45) is 0 Å². The smallest absolute Gasteiger partial charge is 0.407 e. The van der Waals surface area contributed by atoms with Crippen LogP contribution in [0.4, 0.5) is 4.79 Å². The largest absolute Gasteiger partial charge is 0.478 e. The molecule has 0 radical (unpaired) electrons. The summed E-state index contributed by atoms with van der Waals surface area (Å²) in [7, 11) is 0. The number of nitrogens with one attached hydrogen (secondary N) is 1. The molecule has 0 bridgehead atoms. The van der Waals surface area contributed by atoms with E-state index in [0.29, 0.717) is 19.5 Å². The molecular weight excluding hydrogens is 432 g/mol. The Labute approximate surface area is 197 Å². The Balaban J connectivity index is 1.17. The highest BCUT2D eigenvalue weighted by atomic mass is 16.5. The summed E-state index contributed by atoms with van der Waals surface area (Å²) in [4.78, 5) is 38.1. The van der Waals surface area contributed by atoms with Gasteiger partial charge < -0.3 is 20.1 Å². The monoisotopic (exact) mass is 456 g/mol. The van der Waals surface area contributed by atoms with Crippen LogP contribution in [0, 0.1) is 0 Å². The molecule has 0 unspecified atom stereocenters. The van der Waals surface area contributed by atoms with Gasteiger partial charge in [0.25, 0.3) is 0 Å². The highest BCUT2D eigenvalue weighted by molar-refractivity contribution is 5.90. The van der Waals surface area contributed by atoms with Crippen molar-refractivity contribution in [3.8, 4) is 11.1 Å². The van der Waals surface area contributed by atoms with E-state index in [0.717, 1.165) is 33.4 Å². The molecule has 0 saturated carbocycles. The topological polar surface area (TPSA) is 95.9 Å². The molecule has 0 spiro atoms. The van der Waals surface area contributed by atoms with E-state index in [1.807, 2.05) is 30.3 Å². The fourth-order valence-corrected chi connectivity index (χ4v) is 4.93. The summed E-state index contributed by atoms with van der Waals surface area (Å²) in [5, 5.41) is 11.9. The summed E-state index contributed by atoms with van der Waals surface area (Å²) in [6.45, 7) is 0.734. The summed E-state index contributed by atoms with van der Waals surface area (Å²) in [6, 6.07) is 21.3. The average molecular weight is 456 g/mol. The normalized spacial score (nSPS) is 14.1. The van der Waals surface area contributed by atoms with Crippen molar-refractivity contribution in [1.29, 1.82) is 0 Å².